The molecule has 1 N–H and O–H groups in total. The van der Waals surface area contributed by atoms with Crippen molar-refractivity contribution < 1.29 is 14.6 Å². The minimum absolute atomic E-state index is 0.273. The lowest BCUT2D eigenvalue weighted by molar-refractivity contribution is 0.0697. The molecule has 1 aliphatic rings. The van der Waals surface area contributed by atoms with Gasteiger partial charge in [0.15, 0.2) is 0 Å². The largest absolute Gasteiger partial charge is 0.478 e. The lowest BCUT2D eigenvalue weighted by Gasteiger charge is -2.15. The summed E-state index contributed by atoms with van der Waals surface area (Å²) >= 11 is 0. The van der Waals surface area contributed by atoms with Gasteiger partial charge in [0, 0.05) is 19.1 Å². The summed E-state index contributed by atoms with van der Waals surface area (Å²) < 4.78 is 7.65. The molecule has 0 bridgehead atoms. The number of carboxylic acid groups (broad SMARTS) is 1. The number of fused-ring (bicyclic) bond motifs is 1. The van der Waals surface area contributed by atoms with Gasteiger partial charge in [-0.1, -0.05) is 0 Å². The van der Waals surface area contributed by atoms with Crippen LogP contribution >= 0.6 is 0 Å². The number of aromatic carboxylic acids is 1. The van der Waals surface area contributed by atoms with Crippen molar-refractivity contribution in [2.45, 2.75) is 26.0 Å². The standard InChI is InChI=1S/C14H16N2O3/c1-9-11(4-5-19-9)7-16-8-15-12-6-10(14(17)18)2-3-13(12)16/h2-3,6,8-9,11H,4-5,7H2,1H3,(H,17,18). The number of benzene rings is 1. The van der Waals surface area contributed by atoms with Gasteiger partial charge in [0.05, 0.1) is 29.0 Å². The van der Waals surface area contributed by atoms with E-state index in [9.17, 15) is 4.79 Å². The van der Waals surface area contributed by atoms with E-state index < -0.39 is 5.97 Å². The van der Waals surface area contributed by atoms with Crippen molar-refractivity contribution in [1.82, 2.24) is 9.55 Å². The molecule has 1 aliphatic heterocycles. The Labute approximate surface area is 110 Å². The van der Waals surface area contributed by atoms with Crippen LogP contribution in [0.3, 0.4) is 0 Å². The molecule has 2 aromatic rings. The molecule has 1 aromatic heterocycles. The van der Waals surface area contributed by atoms with Crippen molar-refractivity contribution >= 4 is 17.0 Å². The highest BCUT2D eigenvalue weighted by Crippen LogP contribution is 2.24. The van der Waals surface area contributed by atoms with Crippen molar-refractivity contribution in [1.29, 1.82) is 0 Å². The first-order chi connectivity index (χ1) is 9.15. The first-order valence-corrected chi connectivity index (χ1v) is 6.45. The molecule has 1 fully saturated rings. The van der Waals surface area contributed by atoms with E-state index >= 15 is 0 Å². The highest BCUT2D eigenvalue weighted by atomic mass is 16.5. The fourth-order valence-corrected chi connectivity index (χ4v) is 2.61. The average Bonchev–Trinajstić information content (AvgIpc) is 2.97. The molecule has 0 aliphatic carbocycles. The Hall–Kier alpha value is -1.88. The monoisotopic (exact) mass is 260 g/mol. The maximum absolute atomic E-state index is 10.9. The van der Waals surface area contributed by atoms with Crippen LogP contribution in [0.4, 0.5) is 0 Å². The highest BCUT2D eigenvalue weighted by Gasteiger charge is 2.24. The van der Waals surface area contributed by atoms with Crippen molar-refractivity contribution in [2.75, 3.05) is 6.61 Å². The third-order valence-corrected chi connectivity index (χ3v) is 3.83. The number of ether oxygens (including phenoxy) is 1. The van der Waals surface area contributed by atoms with Crippen LogP contribution in [0.1, 0.15) is 23.7 Å². The minimum atomic E-state index is -0.922. The second-order valence-corrected chi connectivity index (χ2v) is 5.03. The molecule has 0 amide bonds. The Bertz CT molecular complexity index is 620. The second kappa shape index (κ2) is 4.66. The number of nitrogens with zero attached hydrogens (tertiary/aromatic N) is 2. The smallest absolute Gasteiger partial charge is 0.335 e. The van der Waals surface area contributed by atoms with Crippen molar-refractivity contribution in [2.24, 2.45) is 5.92 Å². The zero-order valence-electron chi connectivity index (χ0n) is 10.7. The Morgan fingerprint density at radius 1 is 1.58 bits per heavy atom. The lowest BCUT2D eigenvalue weighted by Crippen LogP contribution is -2.17. The molecule has 5 nitrogen and oxygen atoms in total. The van der Waals surface area contributed by atoms with Crippen molar-refractivity contribution in [3.05, 3.63) is 30.1 Å². The van der Waals surface area contributed by atoms with E-state index in [1.54, 1.807) is 18.5 Å². The lowest BCUT2D eigenvalue weighted by atomic mass is 10.0. The van der Waals surface area contributed by atoms with E-state index in [2.05, 4.69) is 16.5 Å². The summed E-state index contributed by atoms with van der Waals surface area (Å²) in [7, 11) is 0. The van der Waals surface area contributed by atoms with Gasteiger partial charge in [-0.15, -0.1) is 0 Å². The molecule has 0 radical (unpaired) electrons. The summed E-state index contributed by atoms with van der Waals surface area (Å²) in [4.78, 5) is 15.2. The van der Waals surface area contributed by atoms with Crippen LogP contribution in [0.15, 0.2) is 24.5 Å². The van der Waals surface area contributed by atoms with Crippen LogP contribution in [-0.2, 0) is 11.3 Å². The molecule has 3 rings (SSSR count). The highest BCUT2D eigenvalue weighted by molar-refractivity contribution is 5.92. The maximum Gasteiger partial charge on any atom is 0.335 e. The molecular formula is C14H16N2O3. The van der Waals surface area contributed by atoms with Crippen molar-refractivity contribution in [3.63, 3.8) is 0 Å². The third kappa shape index (κ3) is 2.21. The van der Waals surface area contributed by atoms with Crippen molar-refractivity contribution in [3.8, 4) is 0 Å². The number of rotatable bonds is 3. The van der Waals surface area contributed by atoms with Crippen LogP contribution < -0.4 is 0 Å². The Balaban J connectivity index is 1.90. The number of imidazole rings is 1. The molecule has 0 spiro atoms. The predicted octanol–water partition coefficient (Wildman–Crippen LogP) is 2.16. The van der Waals surface area contributed by atoms with Gasteiger partial charge in [-0.05, 0) is 31.5 Å². The molecule has 5 heteroatoms. The number of hydrogen-bond donors (Lipinski definition) is 1. The van der Waals surface area contributed by atoms with Crippen LogP contribution in [0.5, 0.6) is 0 Å². The third-order valence-electron chi connectivity index (χ3n) is 3.83. The van der Waals surface area contributed by atoms with E-state index in [0.717, 1.165) is 30.6 Å². The van der Waals surface area contributed by atoms with Gasteiger partial charge in [-0.25, -0.2) is 9.78 Å². The molecule has 2 atom stereocenters. The SMILES string of the molecule is CC1OCCC1Cn1cnc2cc(C(=O)O)ccc21. The summed E-state index contributed by atoms with van der Waals surface area (Å²) in [5.74, 6) is -0.425. The average molecular weight is 260 g/mol. The zero-order chi connectivity index (χ0) is 13.4. The van der Waals surface area contributed by atoms with Gasteiger partial charge < -0.3 is 14.4 Å². The second-order valence-electron chi connectivity index (χ2n) is 5.03. The van der Waals surface area contributed by atoms with Gasteiger partial charge in [0.1, 0.15) is 0 Å². The van der Waals surface area contributed by atoms with E-state index in [0.29, 0.717) is 5.92 Å². The van der Waals surface area contributed by atoms with E-state index in [4.69, 9.17) is 9.84 Å². The van der Waals surface area contributed by atoms with Gasteiger partial charge in [-0.2, -0.15) is 0 Å². The molecule has 1 saturated heterocycles. The molecular weight excluding hydrogens is 244 g/mol. The van der Waals surface area contributed by atoms with Crippen LogP contribution in [0.2, 0.25) is 0 Å². The topological polar surface area (TPSA) is 64.4 Å². The summed E-state index contributed by atoms with van der Waals surface area (Å²) in [5, 5.41) is 8.96. The normalized spacial score (nSPS) is 23.0. The number of carbonyl (C=O) groups is 1. The molecule has 19 heavy (non-hydrogen) atoms. The van der Waals surface area contributed by atoms with E-state index in [1.165, 1.54) is 0 Å². The summed E-state index contributed by atoms with van der Waals surface area (Å²) in [6, 6.07) is 5.06. The molecule has 2 heterocycles. The number of hydrogen-bond acceptors (Lipinski definition) is 3. The summed E-state index contributed by atoms with van der Waals surface area (Å²) in [6.07, 6.45) is 3.12. The Morgan fingerprint density at radius 3 is 3.11 bits per heavy atom. The first kappa shape index (κ1) is 12.2. The molecule has 100 valence electrons. The van der Waals surface area contributed by atoms with E-state index in [-0.39, 0.29) is 11.7 Å². The minimum Gasteiger partial charge on any atom is -0.478 e. The molecule has 0 saturated carbocycles. The van der Waals surface area contributed by atoms with Crippen LogP contribution in [0, 0.1) is 5.92 Å². The summed E-state index contributed by atoms with van der Waals surface area (Å²) in [5.41, 5.74) is 1.98. The summed E-state index contributed by atoms with van der Waals surface area (Å²) in [6.45, 7) is 3.78. The van der Waals surface area contributed by atoms with Crippen LogP contribution in [0.25, 0.3) is 11.0 Å². The first-order valence-electron chi connectivity index (χ1n) is 6.45. The zero-order valence-corrected chi connectivity index (χ0v) is 10.7. The Morgan fingerprint density at radius 2 is 2.42 bits per heavy atom. The maximum atomic E-state index is 10.9. The van der Waals surface area contributed by atoms with Gasteiger partial charge >= 0.3 is 5.97 Å². The Kier molecular flexibility index (Phi) is 2.98. The van der Waals surface area contributed by atoms with E-state index in [1.807, 2.05) is 6.07 Å². The molecule has 1 aromatic carbocycles. The predicted molar refractivity (Wildman–Crippen MR) is 70.2 cm³/mol. The van der Waals surface area contributed by atoms with Gasteiger partial charge in [0.2, 0.25) is 0 Å². The van der Waals surface area contributed by atoms with Gasteiger partial charge in [-0.3, -0.25) is 0 Å². The quantitative estimate of drug-likeness (QED) is 0.918. The molecule has 2 unspecified atom stereocenters. The fourth-order valence-electron chi connectivity index (χ4n) is 2.61. The fraction of sp³-hybridized carbons (Fsp3) is 0.429. The van der Waals surface area contributed by atoms with Crippen LogP contribution in [-0.4, -0.2) is 33.3 Å². The number of carboxylic acids is 1. The van der Waals surface area contributed by atoms with Gasteiger partial charge in [0.25, 0.3) is 0 Å². The number of aromatic nitrogens is 2.